The van der Waals surface area contributed by atoms with Gasteiger partial charge in [0, 0.05) is 13.2 Å². The topological polar surface area (TPSA) is 61.0 Å². The van der Waals surface area contributed by atoms with Gasteiger partial charge in [-0.2, -0.15) is 0 Å². The van der Waals surface area contributed by atoms with E-state index in [0.717, 1.165) is 0 Å². The molecule has 0 aliphatic carbocycles. The molecule has 0 saturated heterocycles. The number of hydrogen-bond donors (Lipinski definition) is 1. The maximum Gasteiger partial charge on any atom is 0.164 e. The van der Waals surface area contributed by atoms with E-state index in [1.807, 2.05) is 0 Å². The molecule has 0 aliphatic rings. The van der Waals surface area contributed by atoms with Crippen molar-refractivity contribution in [1.82, 2.24) is 9.97 Å². The summed E-state index contributed by atoms with van der Waals surface area (Å²) in [4.78, 5) is 8.48. The van der Waals surface area contributed by atoms with E-state index in [9.17, 15) is 0 Å². The molecule has 0 bridgehead atoms. The Balaban J connectivity index is 2.56. The zero-order chi connectivity index (χ0) is 13.1. The Labute approximate surface area is 115 Å². The average Bonchev–Trinajstić information content (AvgIpc) is 2.28. The number of benzene rings is 1. The van der Waals surface area contributed by atoms with Crippen molar-refractivity contribution in [2.24, 2.45) is 0 Å². The predicted octanol–water partition coefficient (Wildman–Crippen LogP) is 3.18. The average molecular weight is 284 g/mol. The van der Waals surface area contributed by atoms with Crippen molar-refractivity contribution in [1.29, 1.82) is 0 Å². The van der Waals surface area contributed by atoms with Gasteiger partial charge in [-0.25, -0.2) is 9.97 Å². The second-order valence-electron chi connectivity index (χ2n) is 3.64. The summed E-state index contributed by atoms with van der Waals surface area (Å²) >= 11 is 12.2. The monoisotopic (exact) mass is 283 g/mol. The molecule has 0 spiro atoms. The zero-order valence-corrected chi connectivity index (χ0v) is 11.2. The second kappa shape index (κ2) is 5.52. The highest BCUT2D eigenvalue weighted by molar-refractivity contribution is 6.38. The number of hydrogen-bond acceptors (Lipinski definition) is 4. The zero-order valence-electron chi connectivity index (χ0n) is 9.65. The molecule has 2 aromatic rings. The van der Waals surface area contributed by atoms with Crippen molar-refractivity contribution in [3.8, 4) is 11.4 Å². The number of aromatic nitrogens is 2. The molecule has 1 aromatic carbocycles. The number of nitrogens with zero attached hydrogens (tertiary/aromatic N) is 2. The standard InChI is InChI=1S/C12H11Cl2N3O/c1-18-6-7-5-10(15)17-12(16-7)11-8(13)3-2-4-9(11)14/h2-5H,6H2,1H3,(H2,15,16,17). The fraction of sp³-hybridized carbons (Fsp3) is 0.167. The number of ether oxygens (including phenoxy) is 1. The minimum absolute atomic E-state index is 0.349. The lowest BCUT2D eigenvalue weighted by Crippen LogP contribution is -2.02. The third kappa shape index (κ3) is 2.72. The third-order valence-electron chi connectivity index (χ3n) is 2.28. The van der Waals surface area contributed by atoms with Gasteiger partial charge in [0.2, 0.25) is 0 Å². The Morgan fingerprint density at radius 2 is 1.89 bits per heavy atom. The molecule has 18 heavy (non-hydrogen) atoms. The lowest BCUT2D eigenvalue weighted by Gasteiger charge is -2.08. The minimum Gasteiger partial charge on any atom is -0.384 e. The summed E-state index contributed by atoms with van der Waals surface area (Å²) in [6.45, 7) is 0.349. The molecule has 0 aliphatic heterocycles. The van der Waals surface area contributed by atoms with E-state index in [1.165, 1.54) is 0 Å². The number of rotatable bonds is 3. The van der Waals surface area contributed by atoms with Crippen LogP contribution in [0.2, 0.25) is 10.0 Å². The third-order valence-corrected chi connectivity index (χ3v) is 2.91. The summed E-state index contributed by atoms with van der Waals surface area (Å²) in [5, 5.41) is 0.966. The quantitative estimate of drug-likeness (QED) is 0.940. The van der Waals surface area contributed by atoms with Gasteiger partial charge >= 0.3 is 0 Å². The van der Waals surface area contributed by atoms with Crippen molar-refractivity contribution in [3.05, 3.63) is 40.0 Å². The minimum atomic E-state index is 0.349. The Hall–Kier alpha value is -1.36. The van der Waals surface area contributed by atoms with Gasteiger partial charge in [0.15, 0.2) is 5.82 Å². The van der Waals surface area contributed by atoms with Crippen LogP contribution in [0.1, 0.15) is 5.69 Å². The molecule has 1 aromatic heterocycles. The normalized spacial score (nSPS) is 10.6. The summed E-state index contributed by atoms with van der Waals surface area (Å²) in [7, 11) is 1.58. The summed E-state index contributed by atoms with van der Waals surface area (Å²) in [5.74, 6) is 0.751. The van der Waals surface area contributed by atoms with Crippen molar-refractivity contribution in [2.75, 3.05) is 12.8 Å². The van der Waals surface area contributed by atoms with Gasteiger partial charge < -0.3 is 10.5 Å². The van der Waals surface area contributed by atoms with Crippen molar-refractivity contribution in [3.63, 3.8) is 0 Å². The molecule has 94 valence electrons. The summed E-state index contributed by atoms with van der Waals surface area (Å²) in [5.41, 5.74) is 6.99. The highest BCUT2D eigenvalue weighted by atomic mass is 35.5. The maximum atomic E-state index is 6.11. The lowest BCUT2D eigenvalue weighted by atomic mass is 10.2. The van der Waals surface area contributed by atoms with Gasteiger partial charge in [-0.1, -0.05) is 29.3 Å². The molecule has 6 heteroatoms. The molecule has 0 unspecified atom stereocenters. The summed E-state index contributed by atoms with van der Waals surface area (Å²) in [6.07, 6.45) is 0. The van der Waals surface area contributed by atoms with Crippen LogP contribution in [0, 0.1) is 0 Å². The first-order chi connectivity index (χ1) is 8.61. The number of methoxy groups -OCH3 is 1. The lowest BCUT2D eigenvalue weighted by molar-refractivity contribution is 0.181. The van der Waals surface area contributed by atoms with Crippen molar-refractivity contribution < 1.29 is 4.74 Å². The van der Waals surface area contributed by atoms with Crippen LogP contribution in [0.5, 0.6) is 0 Å². The molecular weight excluding hydrogens is 273 g/mol. The van der Waals surface area contributed by atoms with Gasteiger partial charge in [0.25, 0.3) is 0 Å². The first-order valence-electron chi connectivity index (χ1n) is 5.18. The molecule has 2 N–H and O–H groups in total. The molecule has 0 saturated carbocycles. The van der Waals surface area contributed by atoms with Crippen LogP contribution >= 0.6 is 23.2 Å². The van der Waals surface area contributed by atoms with E-state index in [2.05, 4.69) is 9.97 Å². The van der Waals surface area contributed by atoms with E-state index in [0.29, 0.717) is 39.6 Å². The van der Waals surface area contributed by atoms with E-state index < -0.39 is 0 Å². The Morgan fingerprint density at radius 1 is 1.22 bits per heavy atom. The van der Waals surface area contributed by atoms with Gasteiger partial charge in [0.05, 0.1) is 27.9 Å². The highest BCUT2D eigenvalue weighted by Crippen LogP contribution is 2.32. The molecule has 0 atom stereocenters. The van der Waals surface area contributed by atoms with Crippen LogP contribution in [0.25, 0.3) is 11.4 Å². The van der Waals surface area contributed by atoms with Crippen LogP contribution in [-0.2, 0) is 11.3 Å². The Kier molecular flexibility index (Phi) is 4.01. The van der Waals surface area contributed by atoms with Gasteiger partial charge in [-0.3, -0.25) is 0 Å². The molecular formula is C12H11Cl2N3O. The largest absolute Gasteiger partial charge is 0.384 e. The number of anilines is 1. The number of nitrogen functional groups attached to an aromatic ring is 1. The predicted molar refractivity (Wildman–Crippen MR) is 72.6 cm³/mol. The molecule has 4 nitrogen and oxygen atoms in total. The molecule has 0 fully saturated rings. The first-order valence-corrected chi connectivity index (χ1v) is 5.94. The van der Waals surface area contributed by atoms with E-state index >= 15 is 0 Å². The van der Waals surface area contributed by atoms with E-state index in [4.69, 9.17) is 33.7 Å². The summed E-state index contributed by atoms with van der Waals surface area (Å²) < 4.78 is 5.02. The van der Waals surface area contributed by atoms with Gasteiger partial charge in [0.1, 0.15) is 5.82 Å². The number of nitrogens with two attached hydrogens (primary N) is 1. The second-order valence-corrected chi connectivity index (χ2v) is 4.45. The maximum absolute atomic E-state index is 6.11. The summed E-state index contributed by atoms with van der Waals surface area (Å²) in [6, 6.07) is 6.87. The Morgan fingerprint density at radius 3 is 2.50 bits per heavy atom. The SMILES string of the molecule is COCc1cc(N)nc(-c2c(Cl)cccc2Cl)n1. The van der Waals surface area contributed by atoms with Crippen molar-refractivity contribution in [2.45, 2.75) is 6.61 Å². The van der Waals surface area contributed by atoms with Crippen LogP contribution < -0.4 is 5.73 Å². The fourth-order valence-electron chi connectivity index (χ4n) is 1.56. The van der Waals surface area contributed by atoms with Crippen molar-refractivity contribution >= 4 is 29.0 Å². The molecule has 0 radical (unpaired) electrons. The molecule has 0 amide bonds. The van der Waals surface area contributed by atoms with E-state index in [1.54, 1.807) is 31.4 Å². The first kappa shape index (κ1) is 13.1. The fourth-order valence-corrected chi connectivity index (χ4v) is 2.13. The van der Waals surface area contributed by atoms with Gasteiger partial charge in [-0.15, -0.1) is 0 Å². The highest BCUT2D eigenvalue weighted by Gasteiger charge is 2.12. The van der Waals surface area contributed by atoms with Crippen LogP contribution in [0.4, 0.5) is 5.82 Å². The van der Waals surface area contributed by atoms with Crippen LogP contribution in [-0.4, -0.2) is 17.1 Å². The smallest absolute Gasteiger partial charge is 0.164 e. The Bertz CT molecular complexity index is 555. The van der Waals surface area contributed by atoms with E-state index in [-0.39, 0.29) is 0 Å². The molecule has 1 heterocycles. The van der Waals surface area contributed by atoms with Gasteiger partial charge in [-0.05, 0) is 12.1 Å². The molecule has 2 rings (SSSR count). The number of halogens is 2. The van der Waals surface area contributed by atoms with Crippen LogP contribution in [0.3, 0.4) is 0 Å². The van der Waals surface area contributed by atoms with Crippen LogP contribution in [0.15, 0.2) is 24.3 Å².